The summed E-state index contributed by atoms with van der Waals surface area (Å²) in [6.45, 7) is 10.5. The molecule has 0 aliphatic carbocycles. The zero-order valence-corrected chi connectivity index (χ0v) is 15.9. The standard InChI is InChI=1S/C20H32N2O3/c1-15-7-5-9-17(11-15)18(23)13-21-12-16-8-6-10-22(14-16)19(24)25-20(2,3)4/h5,7,9,11,16,18,21,23H,6,8,10,12-14H2,1-4H3. The minimum atomic E-state index is -0.509. The van der Waals surface area contributed by atoms with Gasteiger partial charge in [0.25, 0.3) is 0 Å². The number of rotatable bonds is 5. The van der Waals surface area contributed by atoms with Gasteiger partial charge in [-0.1, -0.05) is 29.8 Å². The largest absolute Gasteiger partial charge is 0.444 e. The maximum absolute atomic E-state index is 12.2. The number of nitrogens with one attached hydrogen (secondary N) is 1. The molecule has 5 heteroatoms. The molecule has 140 valence electrons. The third-order valence-corrected chi connectivity index (χ3v) is 4.37. The van der Waals surface area contributed by atoms with Crippen molar-refractivity contribution >= 4 is 6.09 Å². The van der Waals surface area contributed by atoms with E-state index in [9.17, 15) is 9.90 Å². The van der Waals surface area contributed by atoms with Gasteiger partial charge in [0.15, 0.2) is 0 Å². The second kappa shape index (κ2) is 8.68. The summed E-state index contributed by atoms with van der Waals surface area (Å²) in [6.07, 6.45) is 1.35. The van der Waals surface area contributed by atoms with Gasteiger partial charge in [0.05, 0.1) is 6.10 Å². The number of hydrogen-bond donors (Lipinski definition) is 2. The molecule has 0 saturated carbocycles. The van der Waals surface area contributed by atoms with Crippen LogP contribution in [0.3, 0.4) is 0 Å². The summed E-state index contributed by atoms with van der Waals surface area (Å²) < 4.78 is 5.46. The summed E-state index contributed by atoms with van der Waals surface area (Å²) in [6, 6.07) is 7.95. The fraction of sp³-hybridized carbons (Fsp3) is 0.650. The fourth-order valence-corrected chi connectivity index (χ4v) is 3.14. The van der Waals surface area contributed by atoms with E-state index < -0.39 is 11.7 Å². The monoisotopic (exact) mass is 348 g/mol. The highest BCUT2D eigenvalue weighted by molar-refractivity contribution is 5.68. The summed E-state index contributed by atoms with van der Waals surface area (Å²) in [7, 11) is 0. The predicted molar refractivity (Wildman–Crippen MR) is 99.5 cm³/mol. The van der Waals surface area contributed by atoms with Crippen LogP contribution in [0, 0.1) is 12.8 Å². The lowest BCUT2D eigenvalue weighted by Gasteiger charge is -2.34. The topological polar surface area (TPSA) is 61.8 Å². The van der Waals surface area contributed by atoms with Crippen LogP contribution in [-0.4, -0.2) is 47.9 Å². The van der Waals surface area contributed by atoms with Crippen molar-refractivity contribution in [2.24, 2.45) is 5.92 Å². The van der Waals surface area contributed by atoms with Gasteiger partial charge in [-0.15, -0.1) is 0 Å². The molecule has 5 nitrogen and oxygen atoms in total. The molecule has 0 spiro atoms. The molecule has 25 heavy (non-hydrogen) atoms. The van der Waals surface area contributed by atoms with Crippen molar-refractivity contribution in [3.05, 3.63) is 35.4 Å². The van der Waals surface area contributed by atoms with Crippen LogP contribution >= 0.6 is 0 Å². The number of carbonyl (C=O) groups is 1. The summed E-state index contributed by atoms with van der Waals surface area (Å²) in [4.78, 5) is 14.0. The Balaban J connectivity index is 1.76. The van der Waals surface area contributed by atoms with Crippen molar-refractivity contribution < 1.29 is 14.6 Å². The molecule has 1 aliphatic rings. The summed E-state index contributed by atoms with van der Waals surface area (Å²) in [5.74, 6) is 0.394. The molecule has 2 atom stereocenters. The van der Waals surface area contributed by atoms with Crippen LogP contribution in [0.5, 0.6) is 0 Å². The molecule has 1 aliphatic heterocycles. The van der Waals surface area contributed by atoms with E-state index in [-0.39, 0.29) is 6.09 Å². The first-order valence-corrected chi connectivity index (χ1v) is 9.18. The van der Waals surface area contributed by atoms with Crippen LogP contribution in [0.25, 0.3) is 0 Å². The van der Waals surface area contributed by atoms with Crippen LogP contribution in [0.4, 0.5) is 4.79 Å². The van der Waals surface area contributed by atoms with E-state index in [1.54, 1.807) is 4.90 Å². The van der Waals surface area contributed by atoms with E-state index in [2.05, 4.69) is 5.32 Å². The molecule has 0 radical (unpaired) electrons. The second-order valence-corrected chi connectivity index (χ2v) is 8.02. The minimum absolute atomic E-state index is 0.225. The highest BCUT2D eigenvalue weighted by Gasteiger charge is 2.27. The summed E-state index contributed by atoms with van der Waals surface area (Å²) in [5.41, 5.74) is 1.63. The molecular weight excluding hydrogens is 316 g/mol. The molecule has 1 saturated heterocycles. The first-order chi connectivity index (χ1) is 11.7. The Bertz CT molecular complexity index is 568. The number of aliphatic hydroxyl groups is 1. The van der Waals surface area contributed by atoms with Crippen molar-refractivity contribution in [3.8, 4) is 0 Å². The third-order valence-electron chi connectivity index (χ3n) is 4.37. The Morgan fingerprint density at radius 1 is 1.44 bits per heavy atom. The molecule has 2 N–H and O–H groups in total. The van der Waals surface area contributed by atoms with E-state index in [1.165, 1.54) is 0 Å². The van der Waals surface area contributed by atoms with Gasteiger partial charge in [-0.2, -0.15) is 0 Å². The van der Waals surface area contributed by atoms with Crippen LogP contribution in [0.15, 0.2) is 24.3 Å². The molecule has 1 aromatic carbocycles. The molecule has 1 amide bonds. The number of ether oxygens (including phenoxy) is 1. The molecule has 2 rings (SSSR count). The molecule has 1 aromatic rings. The first-order valence-electron chi connectivity index (χ1n) is 9.18. The highest BCUT2D eigenvalue weighted by atomic mass is 16.6. The maximum atomic E-state index is 12.2. The quantitative estimate of drug-likeness (QED) is 0.857. The van der Waals surface area contributed by atoms with Crippen molar-refractivity contribution in [2.45, 2.75) is 52.2 Å². The van der Waals surface area contributed by atoms with Gasteiger partial charge in [-0.3, -0.25) is 0 Å². The fourth-order valence-electron chi connectivity index (χ4n) is 3.14. The van der Waals surface area contributed by atoms with Crippen molar-refractivity contribution in [2.75, 3.05) is 26.2 Å². The van der Waals surface area contributed by atoms with Crippen molar-refractivity contribution in [1.29, 1.82) is 0 Å². The van der Waals surface area contributed by atoms with Gasteiger partial charge in [-0.05, 0) is 58.6 Å². The number of likely N-dealkylation sites (tertiary alicyclic amines) is 1. The smallest absolute Gasteiger partial charge is 0.410 e. The van der Waals surface area contributed by atoms with Crippen LogP contribution < -0.4 is 5.32 Å². The van der Waals surface area contributed by atoms with E-state index in [4.69, 9.17) is 4.74 Å². The second-order valence-electron chi connectivity index (χ2n) is 8.02. The Hall–Kier alpha value is -1.59. The number of hydrogen-bond acceptors (Lipinski definition) is 4. The van der Waals surface area contributed by atoms with Gasteiger partial charge in [0.2, 0.25) is 0 Å². The zero-order chi connectivity index (χ0) is 18.4. The molecule has 1 heterocycles. The Labute approximate surface area is 151 Å². The maximum Gasteiger partial charge on any atom is 0.410 e. The molecule has 0 aromatic heterocycles. The normalized spacial score (nSPS) is 19.6. The summed E-state index contributed by atoms with van der Waals surface area (Å²) in [5, 5.41) is 13.6. The molecular formula is C20H32N2O3. The van der Waals surface area contributed by atoms with E-state index in [1.807, 2.05) is 52.0 Å². The number of nitrogens with zero attached hydrogens (tertiary/aromatic N) is 1. The molecule has 0 bridgehead atoms. The third kappa shape index (κ3) is 6.67. The van der Waals surface area contributed by atoms with Gasteiger partial charge < -0.3 is 20.1 Å². The van der Waals surface area contributed by atoms with Crippen LogP contribution in [0.1, 0.15) is 50.8 Å². The van der Waals surface area contributed by atoms with E-state index in [0.717, 1.165) is 37.1 Å². The van der Waals surface area contributed by atoms with Crippen molar-refractivity contribution in [3.63, 3.8) is 0 Å². The number of benzene rings is 1. The lowest BCUT2D eigenvalue weighted by molar-refractivity contribution is 0.0164. The van der Waals surface area contributed by atoms with Crippen LogP contribution in [0.2, 0.25) is 0 Å². The Kier molecular flexibility index (Phi) is 6.85. The average Bonchev–Trinajstić information content (AvgIpc) is 2.53. The molecule has 2 unspecified atom stereocenters. The average molecular weight is 348 g/mol. The van der Waals surface area contributed by atoms with Gasteiger partial charge >= 0.3 is 6.09 Å². The molecule has 1 fully saturated rings. The van der Waals surface area contributed by atoms with E-state index in [0.29, 0.717) is 19.0 Å². The number of piperidine rings is 1. The SMILES string of the molecule is Cc1cccc(C(O)CNCC2CCCN(C(=O)OC(C)(C)C)C2)c1. The number of aryl methyl sites for hydroxylation is 1. The van der Waals surface area contributed by atoms with Gasteiger partial charge in [0, 0.05) is 19.6 Å². The van der Waals surface area contributed by atoms with Crippen LogP contribution in [-0.2, 0) is 4.74 Å². The van der Waals surface area contributed by atoms with E-state index >= 15 is 0 Å². The number of aliphatic hydroxyl groups excluding tert-OH is 1. The Morgan fingerprint density at radius 3 is 2.88 bits per heavy atom. The lowest BCUT2D eigenvalue weighted by atomic mass is 9.98. The first kappa shape index (κ1) is 19.7. The Morgan fingerprint density at radius 2 is 2.20 bits per heavy atom. The predicted octanol–water partition coefficient (Wildman–Crippen LogP) is 3.27. The number of carbonyl (C=O) groups excluding carboxylic acids is 1. The summed E-state index contributed by atoms with van der Waals surface area (Å²) >= 11 is 0. The minimum Gasteiger partial charge on any atom is -0.444 e. The lowest BCUT2D eigenvalue weighted by Crippen LogP contribution is -2.45. The van der Waals surface area contributed by atoms with Gasteiger partial charge in [0.1, 0.15) is 5.60 Å². The number of amides is 1. The van der Waals surface area contributed by atoms with Crippen molar-refractivity contribution in [1.82, 2.24) is 10.2 Å². The highest BCUT2D eigenvalue weighted by Crippen LogP contribution is 2.19. The van der Waals surface area contributed by atoms with Gasteiger partial charge in [-0.25, -0.2) is 4.79 Å². The zero-order valence-electron chi connectivity index (χ0n) is 15.9.